The van der Waals surface area contributed by atoms with Gasteiger partial charge in [0.2, 0.25) is 5.95 Å². The fourth-order valence-electron chi connectivity index (χ4n) is 2.05. The van der Waals surface area contributed by atoms with Gasteiger partial charge in [-0.25, -0.2) is 4.98 Å². The molecule has 5 nitrogen and oxygen atoms in total. The van der Waals surface area contributed by atoms with E-state index in [4.69, 9.17) is 11.6 Å². The lowest BCUT2D eigenvalue weighted by Gasteiger charge is -2.15. The van der Waals surface area contributed by atoms with Crippen LogP contribution in [0, 0.1) is 6.92 Å². The summed E-state index contributed by atoms with van der Waals surface area (Å²) in [5.74, 6) is -0.0743. The van der Waals surface area contributed by atoms with Crippen molar-refractivity contribution in [3.63, 3.8) is 0 Å². The first-order valence-corrected chi connectivity index (χ1v) is 7.91. The van der Waals surface area contributed by atoms with Gasteiger partial charge in [-0.15, -0.1) is 0 Å². The maximum atomic E-state index is 13.1. The second-order valence-electron chi connectivity index (χ2n) is 5.75. The van der Waals surface area contributed by atoms with Gasteiger partial charge in [-0.05, 0) is 32.6 Å². The van der Waals surface area contributed by atoms with Crippen molar-refractivity contribution >= 4 is 29.1 Å². The fourth-order valence-corrected chi connectivity index (χ4v) is 2.31. The first-order valence-electron chi connectivity index (χ1n) is 7.54. The molecule has 0 saturated carbocycles. The van der Waals surface area contributed by atoms with E-state index in [1.54, 1.807) is 25.1 Å². The molecule has 0 amide bonds. The summed E-state index contributed by atoms with van der Waals surface area (Å²) in [5.41, 5.74) is 0.277. The second-order valence-corrected chi connectivity index (χ2v) is 6.15. The van der Waals surface area contributed by atoms with Gasteiger partial charge < -0.3 is 15.5 Å². The number of alkyl halides is 3. The van der Waals surface area contributed by atoms with Crippen molar-refractivity contribution in [2.24, 2.45) is 0 Å². The highest BCUT2D eigenvalue weighted by molar-refractivity contribution is 6.33. The molecule has 0 spiro atoms. The number of hydrogen-bond acceptors (Lipinski definition) is 5. The van der Waals surface area contributed by atoms with E-state index in [-0.39, 0.29) is 11.8 Å². The molecule has 136 valence electrons. The molecule has 0 aliphatic carbocycles. The maximum absolute atomic E-state index is 13.1. The van der Waals surface area contributed by atoms with Crippen LogP contribution in [0.1, 0.15) is 11.3 Å². The van der Waals surface area contributed by atoms with Gasteiger partial charge in [0.1, 0.15) is 5.82 Å². The molecule has 9 heteroatoms. The maximum Gasteiger partial charge on any atom is 0.433 e. The predicted octanol–water partition coefficient (Wildman–Crippen LogP) is 4.17. The van der Waals surface area contributed by atoms with E-state index in [0.717, 1.165) is 11.6 Å². The largest absolute Gasteiger partial charge is 0.433 e. The summed E-state index contributed by atoms with van der Waals surface area (Å²) in [6, 6.07) is 6.08. The Kier molecular flexibility index (Phi) is 6.07. The Labute approximate surface area is 149 Å². The Hall–Kier alpha value is -2.06. The van der Waals surface area contributed by atoms with Gasteiger partial charge in [0, 0.05) is 19.2 Å². The Balaban J connectivity index is 2.33. The third kappa shape index (κ3) is 5.47. The Morgan fingerprint density at radius 2 is 1.92 bits per heavy atom. The lowest BCUT2D eigenvalue weighted by Crippen LogP contribution is -2.22. The van der Waals surface area contributed by atoms with Crippen LogP contribution >= 0.6 is 11.6 Å². The normalized spacial score (nSPS) is 11.7. The van der Waals surface area contributed by atoms with Gasteiger partial charge in [0.15, 0.2) is 5.69 Å². The Morgan fingerprint density at radius 1 is 1.20 bits per heavy atom. The lowest BCUT2D eigenvalue weighted by atomic mass is 10.2. The van der Waals surface area contributed by atoms with Gasteiger partial charge in [0.05, 0.1) is 10.7 Å². The van der Waals surface area contributed by atoms with E-state index in [9.17, 15) is 13.2 Å². The molecule has 1 heterocycles. The van der Waals surface area contributed by atoms with E-state index < -0.39 is 11.9 Å². The zero-order chi connectivity index (χ0) is 18.6. The van der Waals surface area contributed by atoms with Crippen LogP contribution in [-0.2, 0) is 6.18 Å². The summed E-state index contributed by atoms with van der Waals surface area (Å²) in [5, 5.41) is 6.06. The van der Waals surface area contributed by atoms with Gasteiger partial charge in [-0.1, -0.05) is 23.7 Å². The molecule has 25 heavy (non-hydrogen) atoms. The van der Waals surface area contributed by atoms with Crippen LogP contribution in [-0.4, -0.2) is 42.1 Å². The zero-order valence-corrected chi connectivity index (χ0v) is 14.8. The van der Waals surface area contributed by atoms with Crippen LogP contribution in [0.4, 0.5) is 30.6 Å². The predicted molar refractivity (Wildman–Crippen MR) is 93.5 cm³/mol. The van der Waals surface area contributed by atoms with Crippen LogP contribution in [0.3, 0.4) is 0 Å². The molecule has 0 atom stereocenters. The highest BCUT2D eigenvalue weighted by Gasteiger charge is 2.33. The molecule has 0 radical (unpaired) electrons. The molecule has 0 fully saturated rings. The number of likely N-dealkylation sites (N-methyl/N-ethyl adjacent to an activating group) is 1. The highest BCUT2D eigenvalue weighted by atomic mass is 35.5. The number of aryl methyl sites for hydroxylation is 1. The zero-order valence-electron chi connectivity index (χ0n) is 14.1. The van der Waals surface area contributed by atoms with E-state index in [0.29, 0.717) is 23.8 Å². The summed E-state index contributed by atoms with van der Waals surface area (Å²) in [6.07, 6.45) is -4.58. The van der Waals surface area contributed by atoms with Crippen molar-refractivity contribution in [2.75, 3.05) is 37.8 Å². The smallest absolute Gasteiger partial charge is 0.353 e. The fraction of sp³-hybridized carbons (Fsp3) is 0.375. The van der Waals surface area contributed by atoms with Crippen LogP contribution in [0.2, 0.25) is 5.02 Å². The summed E-state index contributed by atoms with van der Waals surface area (Å²) in [7, 11) is 3.73. The van der Waals surface area contributed by atoms with E-state index in [2.05, 4.69) is 20.6 Å². The van der Waals surface area contributed by atoms with E-state index >= 15 is 0 Å². The summed E-state index contributed by atoms with van der Waals surface area (Å²) in [6.45, 7) is 2.85. The van der Waals surface area contributed by atoms with Crippen molar-refractivity contribution in [1.29, 1.82) is 0 Å². The van der Waals surface area contributed by atoms with Crippen molar-refractivity contribution < 1.29 is 13.2 Å². The number of para-hydroxylation sites is 1. The molecule has 0 unspecified atom stereocenters. The number of halogens is 4. The number of anilines is 3. The average Bonchev–Trinajstić information content (AvgIpc) is 2.50. The van der Waals surface area contributed by atoms with Gasteiger partial charge >= 0.3 is 6.18 Å². The lowest BCUT2D eigenvalue weighted by molar-refractivity contribution is -0.141. The van der Waals surface area contributed by atoms with E-state index in [1.165, 1.54) is 0 Å². The highest BCUT2D eigenvalue weighted by Crippen LogP contribution is 2.32. The molecule has 2 rings (SSSR count). The molecule has 0 aliphatic heterocycles. The summed E-state index contributed by atoms with van der Waals surface area (Å²) >= 11 is 6.12. The first kappa shape index (κ1) is 19.3. The van der Waals surface area contributed by atoms with Crippen molar-refractivity contribution in [2.45, 2.75) is 13.1 Å². The second kappa shape index (κ2) is 7.88. The minimum Gasteiger partial charge on any atom is -0.353 e. The number of aromatic nitrogens is 2. The van der Waals surface area contributed by atoms with Gasteiger partial charge in [0.25, 0.3) is 0 Å². The third-order valence-electron chi connectivity index (χ3n) is 3.33. The molecule has 0 aliphatic rings. The average molecular weight is 374 g/mol. The Morgan fingerprint density at radius 3 is 2.52 bits per heavy atom. The van der Waals surface area contributed by atoms with Crippen LogP contribution in [0.25, 0.3) is 0 Å². The number of nitrogens with zero attached hydrogens (tertiary/aromatic N) is 3. The van der Waals surface area contributed by atoms with Gasteiger partial charge in [-0.3, -0.25) is 0 Å². The number of hydrogen-bond donors (Lipinski definition) is 2. The van der Waals surface area contributed by atoms with Crippen LogP contribution in [0.15, 0.2) is 24.3 Å². The molecule has 0 saturated heterocycles. The number of benzene rings is 1. The standard InChI is InChI=1S/C16H19ClF3N5/c1-10-5-4-6-11(17)14(10)23-13-9-12(16(18,19)20)22-15(24-13)21-7-8-25(2)3/h4-6,9H,7-8H2,1-3H3,(H2,21,22,23,24). The van der Waals surface area contributed by atoms with Crippen molar-refractivity contribution in [3.05, 3.63) is 40.5 Å². The minimum absolute atomic E-state index is 0.0193. The van der Waals surface area contributed by atoms with Gasteiger partial charge in [-0.2, -0.15) is 18.2 Å². The number of nitrogens with one attached hydrogen (secondary N) is 2. The molecule has 2 aromatic rings. The summed E-state index contributed by atoms with van der Waals surface area (Å²) < 4.78 is 39.3. The molecular formula is C16H19ClF3N5. The molecule has 1 aromatic heterocycles. The quantitative estimate of drug-likeness (QED) is 0.795. The minimum atomic E-state index is -4.58. The Bertz CT molecular complexity index is 714. The molecular weight excluding hydrogens is 355 g/mol. The molecule has 2 N–H and O–H groups in total. The van der Waals surface area contributed by atoms with Crippen molar-refractivity contribution in [3.8, 4) is 0 Å². The monoisotopic (exact) mass is 373 g/mol. The topological polar surface area (TPSA) is 53.1 Å². The van der Waals surface area contributed by atoms with Crippen LogP contribution in [0.5, 0.6) is 0 Å². The van der Waals surface area contributed by atoms with E-state index in [1.807, 2.05) is 19.0 Å². The first-order chi connectivity index (χ1) is 11.7. The molecule has 1 aromatic carbocycles. The number of rotatable bonds is 6. The van der Waals surface area contributed by atoms with Crippen LogP contribution < -0.4 is 10.6 Å². The SMILES string of the molecule is Cc1cccc(Cl)c1Nc1cc(C(F)(F)F)nc(NCCN(C)C)n1. The third-order valence-corrected chi connectivity index (χ3v) is 3.65. The summed E-state index contributed by atoms with van der Waals surface area (Å²) in [4.78, 5) is 9.56. The molecule has 0 bridgehead atoms. The van der Waals surface area contributed by atoms with Crippen molar-refractivity contribution in [1.82, 2.24) is 14.9 Å².